The molecule has 0 spiro atoms. The Bertz CT molecular complexity index is 578. The van der Waals surface area contributed by atoms with Gasteiger partial charge in [0.25, 0.3) is 0 Å². The predicted octanol–water partition coefficient (Wildman–Crippen LogP) is 4.18. The fourth-order valence-electron chi connectivity index (χ4n) is 1.84. The first-order valence-electron chi connectivity index (χ1n) is 6.44. The summed E-state index contributed by atoms with van der Waals surface area (Å²) in [5.41, 5.74) is 3.16. The summed E-state index contributed by atoms with van der Waals surface area (Å²) >= 11 is 5.25. The number of hydrogen-bond acceptors (Lipinski definition) is 1. The van der Waals surface area contributed by atoms with Gasteiger partial charge in [-0.05, 0) is 55.9 Å². The van der Waals surface area contributed by atoms with Crippen molar-refractivity contribution in [1.82, 2.24) is 5.32 Å². The van der Waals surface area contributed by atoms with Crippen molar-refractivity contribution in [1.29, 1.82) is 0 Å². The lowest BCUT2D eigenvalue weighted by Gasteiger charge is -2.17. The minimum absolute atomic E-state index is 0.107. The first kappa shape index (κ1) is 14.5. The van der Waals surface area contributed by atoms with Crippen molar-refractivity contribution >= 4 is 23.0 Å². The van der Waals surface area contributed by atoms with E-state index in [0.29, 0.717) is 5.11 Å². The Labute approximate surface area is 124 Å². The van der Waals surface area contributed by atoms with E-state index in [9.17, 15) is 4.39 Å². The fourth-order valence-corrected chi connectivity index (χ4v) is 2.13. The van der Waals surface area contributed by atoms with Gasteiger partial charge in [0.1, 0.15) is 5.82 Å². The van der Waals surface area contributed by atoms with Crippen LogP contribution >= 0.6 is 12.2 Å². The summed E-state index contributed by atoms with van der Waals surface area (Å²) in [6.45, 7) is 4.10. The van der Waals surface area contributed by atoms with Crippen LogP contribution in [0.1, 0.15) is 24.1 Å². The molecule has 2 rings (SSSR count). The van der Waals surface area contributed by atoms with Crippen LogP contribution in [-0.4, -0.2) is 5.11 Å². The third-order valence-corrected chi connectivity index (χ3v) is 3.25. The van der Waals surface area contributed by atoms with E-state index in [1.165, 1.54) is 23.3 Å². The maximum Gasteiger partial charge on any atom is 0.171 e. The Morgan fingerprint density at radius 1 is 1.05 bits per heavy atom. The number of anilines is 1. The molecular weight excluding hydrogens is 271 g/mol. The Balaban J connectivity index is 1.93. The van der Waals surface area contributed by atoms with E-state index in [0.717, 1.165) is 5.69 Å². The number of halogens is 1. The molecule has 0 aliphatic heterocycles. The molecule has 0 unspecified atom stereocenters. The van der Waals surface area contributed by atoms with Crippen LogP contribution in [0.15, 0.2) is 48.5 Å². The highest BCUT2D eigenvalue weighted by Crippen LogP contribution is 2.14. The lowest BCUT2D eigenvalue weighted by Crippen LogP contribution is -2.30. The highest BCUT2D eigenvalue weighted by molar-refractivity contribution is 7.80. The highest BCUT2D eigenvalue weighted by atomic mass is 32.1. The second-order valence-corrected chi connectivity index (χ2v) is 5.15. The van der Waals surface area contributed by atoms with E-state index in [2.05, 4.69) is 41.8 Å². The van der Waals surface area contributed by atoms with Crippen LogP contribution in [0.3, 0.4) is 0 Å². The van der Waals surface area contributed by atoms with Gasteiger partial charge in [0.15, 0.2) is 5.11 Å². The van der Waals surface area contributed by atoms with E-state index in [1.54, 1.807) is 12.1 Å². The van der Waals surface area contributed by atoms with Crippen LogP contribution in [0.5, 0.6) is 0 Å². The number of thiocarbonyl (C=S) groups is 1. The topological polar surface area (TPSA) is 24.1 Å². The Morgan fingerprint density at radius 3 is 2.25 bits per heavy atom. The van der Waals surface area contributed by atoms with Crippen molar-refractivity contribution in [3.05, 3.63) is 65.5 Å². The van der Waals surface area contributed by atoms with E-state index in [1.807, 2.05) is 6.92 Å². The van der Waals surface area contributed by atoms with Crippen molar-refractivity contribution in [2.24, 2.45) is 0 Å². The normalized spacial score (nSPS) is 11.8. The molecule has 0 amide bonds. The second-order valence-electron chi connectivity index (χ2n) is 4.74. The quantitative estimate of drug-likeness (QED) is 0.828. The largest absolute Gasteiger partial charge is 0.356 e. The Kier molecular flexibility index (Phi) is 4.69. The van der Waals surface area contributed by atoms with Gasteiger partial charge in [0, 0.05) is 5.69 Å². The van der Waals surface area contributed by atoms with Gasteiger partial charge in [-0.3, -0.25) is 0 Å². The third kappa shape index (κ3) is 4.03. The van der Waals surface area contributed by atoms with Gasteiger partial charge in [-0.1, -0.05) is 29.8 Å². The average molecular weight is 288 g/mol. The van der Waals surface area contributed by atoms with Crippen molar-refractivity contribution < 1.29 is 4.39 Å². The molecule has 0 saturated heterocycles. The fraction of sp³-hybridized carbons (Fsp3) is 0.188. The average Bonchev–Trinajstić information content (AvgIpc) is 2.42. The molecule has 4 heteroatoms. The SMILES string of the molecule is Cc1ccc([C@@H](C)NC(=S)Nc2ccc(F)cc2)cc1. The Morgan fingerprint density at radius 2 is 1.65 bits per heavy atom. The number of hydrogen-bond donors (Lipinski definition) is 2. The zero-order valence-corrected chi connectivity index (χ0v) is 12.3. The molecule has 2 nitrogen and oxygen atoms in total. The van der Waals surface area contributed by atoms with Gasteiger partial charge in [-0.15, -0.1) is 0 Å². The Hall–Kier alpha value is -1.94. The summed E-state index contributed by atoms with van der Waals surface area (Å²) in [5, 5.41) is 6.76. The summed E-state index contributed by atoms with van der Waals surface area (Å²) in [7, 11) is 0. The van der Waals surface area contributed by atoms with E-state index in [4.69, 9.17) is 12.2 Å². The number of benzene rings is 2. The van der Waals surface area contributed by atoms with Gasteiger partial charge in [-0.25, -0.2) is 4.39 Å². The smallest absolute Gasteiger partial charge is 0.171 e. The molecule has 2 N–H and O–H groups in total. The first-order chi connectivity index (χ1) is 9.54. The lowest BCUT2D eigenvalue weighted by molar-refractivity contribution is 0.628. The van der Waals surface area contributed by atoms with Crippen molar-refractivity contribution in [2.75, 3.05) is 5.32 Å². The van der Waals surface area contributed by atoms with Gasteiger partial charge in [0.05, 0.1) is 6.04 Å². The molecule has 104 valence electrons. The molecule has 0 saturated carbocycles. The minimum atomic E-state index is -0.262. The van der Waals surface area contributed by atoms with Crippen LogP contribution in [0.25, 0.3) is 0 Å². The van der Waals surface area contributed by atoms with Crippen molar-refractivity contribution in [2.45, 2.75) is 19.9 Å². The molecule has 0 radical (unpaired) electrons. The molecule has 0 aromatic heterocycles. The lowest BCUT2D eigenvalue weighted by atomic mass is 10.1. The zero-order valence-electron chi connectivity index (χ0n) is 11.5. The van der Waals surface area contributed by atoms with Gasteiger partial charge >= 0.3 is 0 Å². The number of rotatable bonds is 3. The molecule has 0 aliphatic carbocycles. The summed E-state index contributed by atoms with van der Waals surface area (Å²) < 4.78 is 12.8. The van der Waals surface area contributed by atoms with Gasteiger partial charge in [-0.2, -0.15) is 0 Å². The molecule has 0 bridgehead atoms. The van der Waals surface area contributed by atoms with Gasteiger partial charge < -0.3 is 10.6 Å². The maximum absolute atomic E-state index is 12.8. The first-order valence-corrected chi connectivity index (χ1v) is 6.85. The van der Waals surface area contributed by atoms with Crippen molar-refractivity contribution in [3.8, 4) is 0 Å². The monoisotopic (exact) mass is 288 g/mol. The zero-order chi connectivity index (χ0) is 14.5. The summed E-state index contributed by atoms with van der Waals surface area (Å²) in [5.74, 6) is -0.262. The minimum Gasteiger partial charge on any atom is -0.356 e. The maximum atomic E-state index is 12.8. The van der Waals surface area contributed by atoms with Crippen LogP contribution in [0, 0.1) is 12.7 Å². The van der Waals surface area contributed by atoms with Crippen LogP contribution in [0.2, 0.25) is 0 Å². The molecule has 0 fully saturated rings. The number of nitrogens with one attached hydrogen (secondary N) is 2. The molecule has 1 atom stereocenters. The molecule has 2 aromatic carbocycles. The van der Waals surface area contributed by atoms with Crippen molar-refractivity contribution in [3.63, 3.8) is 0 Å². The number of aryl methyl sites for hydroxylation is 1. The van der Waals surface area contributed by atoms with E-state index in [-0.39, 0.29) is 11.9 Å². The molecule has 0 aliphatic rings. The van der Waals surface area contributed by atoms with E-state index >= 15 is 0 Å². The molecule has 20 heavy (non-hydrogen) atoms. The summed E-state index contributed by atoms with van der Waals surface area (Å²) in [6, 6.07) is 14.5. The molecule has 0 heterocycles. The van der Waals surface area contributed by atoms with Crippen LogP contribution in [-0.2, 0) is 0 Å². The van der Waals surface area contributed by atoms with E-state index < -0.39 is 0 Å². The standard InChI is InChI=1S/C16H17FN2S/c1-11-3-5-13(6-4-11)12(2)18-16(20)19-15-9-7-14(17)8-10-15/h3-10,12H,1-2H3,(H2,18,19,20)/t12-/m1/s1. The van der Waals surface area contributed by atoms with Crippen LogP contribution < -0.4 is 10.6 Å². The second kappa shape index (κ2) is 6.48. The highest BCUT2D eigenvalue weighted by Gasteiger charge is 2.06. The van der Waals surface area contributed by atoms with Crippen LogP contribution in [0.4, 0.5) is 10.1 Å². The molecular formula is C16H17FN2S. The summed E-state index contributed by atoms with van der Waals surface area (Å²) in [4.78, 5) is 0. The summed E-state index contributed by atoms with van der Waals surface area (Å²) in [6.07, 6.45) is 0. The third-order valence-electron chi connectivity index (χ3n) is 3.03. The predicted molar refractivity (Wildman–Crippen MR) is 85.4 cm³/mol. The molecule has 2 aromatic rings. The van der Waals surface area contributed by atoms with Gasteiger partial charge in [0.2, 0.25) is 0 Å².